The third-order valence-corrected chi connectivity index (χ3v) is 7.90. The minimum absolute atomic E-state index is 0.0296. The van der Waals surface area contributed by atoms with Crippen LogP contribution in [0.25, 0.3) is 28.2 Å². The molecule has 0 aliphatic rings. The van der Waals surface area contributed by atoms with Gasteiger partial charge in [-0.15, -0.1) is 0 Å². The molecule has 15 heteroatoms. The predicted octanol–water partition coefficient (Wildman–Crippen LogP) is 5.16. The fraction of sp³-hybridized carbons (Fsp3) is 0.212. The van der Waals surface area contributed by atoms with E-state index in [0.29, 0.717) is 69.0 Å². The molecule has 0 aliphatic heterocycles. The van der Waals surface area contributed by atoms with Crippen molar-refractivity contribution >= 4 is 41.0 Å². The van der Waals surface area contributed by atoms with Crippen LogP contribution in [-0.4, -0.2) is 35.7 Å². The molecule has 0 saturated heterocycles. The number of hydrazine groups is 1. The number of aromatic nitrogens is 6. The quantitative estimate of drug-likeness (QED) is 0.0562. The number of anilines is 2. The smallest absolute Gasteiger partial charge is 0.254 e. The molecule has 5 rings (SSSR count). The number of nitrogens with two attached hydrogens (primary N) is 2. The van der Waals surface area contributed by atoms with Crippen molar-refractivity contribution in [3.05, 3.63) is 116 Å². The van der Waals surface area contributed by atoms with Crippen molar-refractivity contribution in [1.82, 2.24) is 29.3 Å². The van der Waals surface area contributed by atoms with E-state index < -0.39 is 6.04 Å². The van der Waals surface area contributed by atoms with Gasteiger partial charge < -0.3 is 16.0 Å². The number of nitrogens with one attached hydrogen (secondary N) is 2. The Balaban J connectivity index is 1.56. The fourth-order valence-electron chi connectivity index (χ4n) is 5.29. The second-order valence-corrected chi connectivity index (χ2v) is 12.3. The molecular weight excluding hydrogens is 655 g/mol. The molecule has 0 aliphatic carbocycles. The average Bonchev–Trinajstić information content (AvgIpc) is 3.47. The molecule has 1 amide bonds. The molecule has 0 bridgehead atoms. The van der Waals surface area contributed by atoms with Gasteiger partial charge in [0.15, 0.2) is 0 Å². The summed E-state index contributed by atoms with van der Waals surface area (Å²) in [6.45, 7) is 4.29. The molecule has 4 aromatic heterocycles. The zero-order valence-electron chi connectivity index (χ0n) is 26.2. The largest absolute Gasteiger partial charge is 0.388 e. The van der Waals surface area contributed by atoms with E-state index in [9.17, 15) is 14.4 Å². The van der Waals surface area contributed by atoms with Crippen molar-refractivity contribution in [3.63, 3.8) is 0 Å². The van der Waals surface area contributed by atoms with Crippen LogP contribution >= 0.6 is 23.2 Å². The Morgan fingerprint density at radius 2 is 1.92 bits per heavy atom. The Morgan fingerprint density at radius 3 is 2.60 bits per heavy atom. The van der Waals surface area contributed by atoms with Crippen LogP contribution in [0, 0.1) is 5.92 Å². The predicted molar refractivity (Wildman–Crippen MR) is 188 cm³/mol. The van der Waals surface area contributed by atoms with Crippen molar-refractivity contribution in [3.8, 4) is 28.2 Å². The van der Waals surface area contributed by atoms with Crippen LogP contribution in [0.3, 0.4) is 0 Å². The van der Waals surface area contributed by atoms with Gasteiger partial charge in [0.05, 0.1) is 53.2 Å². The second kappa shape index (κ2) is 15.1. The number of H-pyrrole nitrogens is 1. The summed E-state index contributed by atoms with van der Waals surface area (Å²) in [6, 6.07) is 12.6. The van der Waals surface area contributed by atoms with Crippen LogP contribution in [0.15, 0.2) is 94.4 Å². The maximum absolute atomic E-state index is 13.8. The number of rotatable bonds is 13. The summed E-state index contributed by atoms with van der Waals surface area (Å²) < 4.78 is 3.11. The highest BCUT2D eigenvalue weighted by atomic mass is 35.5. The average molecular weight is 690 g/mol. The van der Waals surface area contributed by atoms with Gasteiger partial charge in [0.25, 0.3) is 5.56 Å². The first-order valence-electron chi connectivity index (χ1n) is 15.0. The van der Waals surface area contributed by atoms with Crippen molar-refractivity contribution in [1.29, 1.82) is 0 Å². The molecular formula is C33H34Cl2N10O3. The molecule has 1 unspecified atom stereocenters. The van der Waals surface area contributed by atoms with E-state index in [4.69, 9.17) is 34.8 Å². The normalized spacial score (nSPS) is 12.2. The molecule has 4 heterocycles. The second-order valence-electron chi connectivity index (χ2n) is 11.4. The lowest BCUT2D eigenvalue weighted by Gasteiger charge is -2.21. The van der Waals surface area contributed by atoms with Gasteiger partial charge in [-0.05, 0) is 48.7 Å². The number of nitrogens with zero attached hydrogens (tertiary/aromatic N) is 6. The topological polar surface area (TPSA) is 183 Å². The van der Waals surface area contributed by atoms with Crippen LogP contribution in [0.4, 0.5) is 11.4 Å². The molecule has 5 aromatic rings. The fourth-order valence-corrected chi connectivity index (χ4v) is 5.57. The van der Waals surface area contributed by atoms with Gasteiger partial charge in [0.1, 0.15) is 10.9 Å². The molecule has 13 nitrogen and oxygen atoms in total. The highest BCUT2D eigenvalue weighted by molar-refractivity contribution is 6.31. The highest BCUT2D eigenvalue weighted by Gasteiger charge is 2.21. The zero-order valence-corrected chi connectivity index (χ0v) is 27.7. The lowest BCUT2D eigenvalue weighted by atomic mass is 9.99. The summed E-state index contributed by atoms with van der Waals surface area (Å²) >= 11 is 12.2. The van der Waals surface area contributed by atoms with Crippen LogP contribution in [0.5, 0.6) is 0 Å². The van der Waals surface area contributed by atoms with Gasteiger partial charge in [-0.2, -0.15) is 5.10 Å². The summed E-state index contributed by atoms with van der Waals surface area (Å²) in [5, 5.41) is 9.02. The number of carbonyl (C=O) groups is 1. The van der Waals surface area contributed by atoms with E-state index in [1.807, 2.05) is 6.07 Å². The summed E-state index contributed by atoms with van der Waals surface area (Å²) in [5.41, 5.74) is 9.19. The Hall–Kier alpha value is -5.24. The molecule has 0 fully saturated rings. The first-order valence-corrected chi connectivity index (χ1v) is 15.8. The lowest BCUT2D eigenvalue weighted by Crippen LogP contribution is -2.27. The van der Waals surface area contributed by atoms with Crippen LogP contribution in [0.2, 0.25) is 5.02 Å². The van der Waals surface area contributed by atoms with E-state index in [1.54, 1.807) is 52.0 Å². The summed E-state index contributed by atoms with van der Waals surface area (Å²) in [4.78, 5) is 48.8. The van der Waals surface area contributed by atoms with E-state index in [0.717, 1.165) is 12.8 Å². The van der Waals surface area contributed by atoms with Crippen molar-refractivity contribution in [2.45, 2.75) is 39.2 Å². The van der Waals surface area contributed by atoms with Gasteiger partial charge in [-0.1, -0.05) is 49.9 Å². The van der Waals surface area contributed by atoms with E-state index in [-0.39, 0.29) is 16.3 Å². The van der Waals surface area contributed by atoms with E-state index >= 15 is 0 Å². The van der Waals surface area contributed by atoms with Gasteiger partial charge in [-0.25, -0.2) is 15.5 Å². The van der Waals surface area contributed by atoms with Gasteiger partial charge in [0, 0.05) is 40.7 Å². The monoisotopic (exact) mass is 688 g/mol. The molecule has 0 radical (unpaired) electrons. The Morgan fingerprint density at radius 1 is 1.10 bits per heavy atom. The number of carbonyl (C=O) groups excluding carboxylic acids is 1. The number of pyridine rings is 2. The lowest BCUT2D eigenvalue weighted by molar-refractivity contribution is -0.105. The maximum atomic E-state index is 13.8. The summed E-state index contributed by atoms with van der Waals surface area (Å²) in [5.74, 6) is 6.64. The van der Waals surface area contributed by atoms with Crippen LogP contribution in [-0.2, 0) is 4.79 Å². The number of benzene rings is 1. The molecule has 6 N–H and O–H groups in total. The van der Waals surface area contributed by atoms with E-state index in [2.05, 4.69) is 39.2 Å². The Kier molecular flexibility index (Phi) is 10.7. The molecule has 48 heavy (non-hydrogen) atoms. The third-order valence-electron chi connectivity index (χ3n) is 7.56. The molecule has 1 atom stereocenters. The zero-order chi connectivity index (χ0) is 34.4. The van der Waals surface area contributed by atoms with Crippen molar-refractivity contribution in [2.75, 3.05) is 10.3 Å². The minimum atomic E-state index is -0.467. The van der Waals surface area contributed by atoms with Gasteiger partial charge in [-0.3, -0.25) is 28.9 Å². The highest BCUT2D eigenvalue weighted by Crippen LogP contribution is 2.33. The van der Waals surface area contributed by atoms with Crippen molar-refractivity contribution in [2.24, 2.45) is 17.5 Å². The van der Waals surface area contributed by atoms with E-state index in [1.165, 1.54) is 35.9 Å². The first kappa shape index (κ1) is 34.1. The first-order chi connectivity index (χ1) is 23.0. The number of amides is 1. The minimum Gasteiger partial charge on any atom is -0.388 e. The molecule has 0 spiro atoms. The number of halogens is 2. The summed E-state index contributed by atoms with van der Waals surface area (Å²) in [6.07, 6.45) is 10.6. The number of hydrogen-bond acceptors (Lipinski definition) is 9. The Labute approximate surface area is 285 Å². The van der Waals surface area contributed by atoms with Crippen LogP contribution < -0.4 is 33.0 Å². The molecule has 0 saturated carbocycles. The third kappa shape index (κ3) is 8.00. The summed E-state index contributed by atoms with van der Waals surface area (Å²) in [7, 11) is 0. The standard InChI is InChI=1S/C33H34Cl2N10O3/c1-20(2)4-3-5-29(43-18-40-25(14-32(43)48)24-13-22(34)6-8-28(24)44(37)17-30(35)36)26-12-21(10-11-38-26)33-27(41-19-46)16-45(42-33)23-7-9-31(47)39-15-23/h6-20,29H,3-5,36-37H2,1-2H3,(H,39,47)(H,41,46)/b30-17-. The SMILES string of the molecule is CC(C)CCCC(c1cc(-c2nn(-c3ccc(=O)[nH]c3)cc2NC=O)ccn1)n1cnc(-c2cc(Cl)ccc2N(N)/C=C(\N)Cl)cc1=O. The number of hydrogen-bond donors (Lipinski definition) is 4. The van der Waals surface area contributed by atoms with Crippen LogP contribution in [0.1, 0.15) is 44.8 Å². The van der Waals surface area contributed by atoms with Gasteiger partial charge >= 0.3 is 0 Å². The maximum Gasteiger partial charge on any atom is 0.254 e. The van der Waals surface area contributed by atoms with Crippen molar-refractivity contribution < 1.29 is 4.79 Å². The number of aromatic amines is 1. The molecule has 1 aromatic carbocycles. The van der Waals surface area contributed by atoms with Gasteiger partial charge in [0.2, 0.25) is 12.0 Å². The Bertz CT molecular complexity index is 2050. The molecule has 248 valence electrons.